The molecule has 0 atom stereocenters. The lowest BCUT2D eigenvalue weighted by atomic mass is 9.96. The van der Waals surface area contributed by atoms with Gasteiger partial charge in [-0.25, -0.2) is 0 Å². The molecule has 0 unspecified atom stereocenters. The molecule has 0 spiro atoms. The van der Waals surface area contributed by atoms with Crippen LogP contribution in [0.15, 0.2) is 30.6 Å². The molecule has 0 N–H and O–H groups in total. The van der Waals surface area contributed by atoms with Gasteiger partial charge in [-0.1, -0.05) is 0 Å². The van der Waals surface area contributed by atoms with Gasteiger partial charge in [-0.05, 0) is 18.2 Å². The molecule has 0 aliphatic heterocycles. The molecule has 3 rings (SSSR count). The van der Waals surface area contributed by atoms with Crippen LogP contribution in [0.1, 0.15) is 21.5 Å². The molecule has 10 heteroatoms. The van der Waals surface area contributed by atoms with Crippen LogP contribution in [0.4, 0.5) is 26.3 Å². The minimum absolute atomic E-state index is 0.0860. The number of pyridine rings is 2. The maximum atomic E-state index is 13.7. The second-order valence-electron chi connectivity index (χ2n) is 5.64. The lowest BCUT2D eigenvalue weighted by molar-refractivity contribution is -0.137. The summed E-state index contributed by atoms with van der Waals surface area (Å²) < 4.78 is 84.6. The van der Waals surface area contributed by atoms with Crippen molar-refractivity contribution >= 4 is 27.6 Å². The number of ether oxygens (including phenoxy) is 1. The minimum Gasteiger partial charge on any atom is -0.380 e. The maximum Gasteiger partial charge on any atom is 0.454 e. The van der Waals surface area contributed by atoms with Gasteiger partial charge in [0.15, 0.2) is 0 Å². The fourth-order valence-electron chi connectivity index (χ4n) is 2.87. The van der Waals surface area contributed by atoms with Crippen molar-refractivity contribution in [3.63, 3.8) is 0 Å². The topological polar surface area (TPSA) is 52.1 Å². The van der Waals surface area contributed by atoms with Gasteiger partial charge in [0.25, 0.3) is 5.78 Å². The molecule has 2 aromatic heterocycles. The summed E-state index contributed by atoms with van der Waals surface area (Å²) in [5.41, 5.74) is -3.09. The summed E-state index contributed by atoms with van der Waals surface area (Å²) in [6.45, 7) is -0.453. The highest BCUT2D eigenvalue weighted by atomic mass is 19.4. The number of aromatic nitrogens is 2. The number of carbonyl (C=O) groups is 1. The quantitative estimate of drug-likeness (QED) is 0.371. The Morgan fingerprint density at radius 2 is 1.78 bits per heavy atom. The molecule has 2 heterocycles. The summed E-state index contributed by atoms with van der Waals surface area (Å²) in [5.74, 6) is -2.28. The highest BCUT2D eigenvalue weighted by Gasteiger charge is 2.42. The number of Topliss-reactive ketones (excluding diaryl/α,β-unsaturated/α-hetero) is 1. The Bertz CT molecular complexity index is 1040. The van der Waals surface area contributed by atoms with Crippen LogP contribution in [0.3, 0.4) is 0 Å². The third-order valence-corrected chi connectivity index (χ3v) is 3.89. The third kappa shape index (κ3) is 3.32. The van der Waals surface area contributed by atoms with Gasteiger partial charge in [0, 0.05) is 35.8 Å². The van der Waals surface area contributed by atoms with Gasteiger partial charge in [-0.2, -0.15) is 26.3 Å². The Kier molecular flexibility index (Phi) is 4.54. The molecular weight excluding hydrogens is 378 g/mol. The van der Waals surface area contributed by atoms with Crippen LogP contribution in [0.25, 0.3) is 21.8 Å². The molecule has 142 valence electrons. The van der Waals surface area contributed by atoms with E-state index >= 15 is 0 Å². The van der Waals surface area contributed by atoms with Gasteiger partial charge in [0.2, 0.25) is 0 Å². The molecule has 1 aromatic carbocycles. The summed E-state index contributed by atoms with van der Waals surface area (Å²) in [6.07, 6.45) is -8.07. The van der Waals surface area contributed by atoms with E-state index in [-0.39, 0.29) is 22.0 Å². The van der Waals surface area contributed by atoms with Gasteiger partial charge >= 0.3 is 12.4 Å². The summed E-state index contributed by atoms with van der Waals surface area (Å²) >= 11 is 0. The second kappa shape index (κ2) is 6.45. The molecule has 4 nitrogen and oxygen atoms in total. The lowest BCUT2D eigenvalue weighted by Crippen LogP contribution is -2.23. The number of nitrogens with zero attached hydrogens (tertiary/aromatic N) is 2. The highest BCUT2D eigenvalue weighted by molar-refractivity contribution is 6.17. The van der Waals surface area contributed by atoms with Crippen molar-refractivity contribution in [2.75, 3.05) is 7.11 Å². The van der Waals surface area contributed by atoms with Crippen molar-refractivity contribution in [1.29, 1.82) is 0 Å². The first-order valence-corrected chi connectivity index (χ1v) is 7.42. The second-order valence-corrected chi connectivity index (χ2v) is 5.64. The van der Waals surface area contributed by atoms with E-state index in [1.165, 1.54) is 19.2 Å². The normalized spacial score (nSPS) is 12.7. The van der Waals surface area contributed by atoms with Crippen molar-refractivity contribution in [3.8, 4) is 0 Å². The molecule has 27 heavy (non-hydrogen) atoms. The third-order valence-electron chi connectivity index (χ3n) is 3.89. The minimum atomic E-state index is -5.27. The first kappa shape index (κ1) is 19.0. The Morgan fingerprint density at radius 3 is 2.37 bits per heavy atom. The summed E-state index contributed by atoms with van der Waals surface area (Å²) in [5, 5.41) is -0.706. The number of rotatable bonds is 3. The Balaban J connectivity index is 2.51. The molecule has 0 fully saturated rings. The van der Waals surface area contributed by atoms with Crippen LogP contribution in [-0.4, -0.2) is 29.0 Å². The number of benzene rings is 1. The van der Waals surface area contributed by atoms with E-state index in [2.05, 4.69) is 9.97 Å². The van der Waals surface area contributed by atoms with E-state index in [9.17, 15) is 31.1 Å². The Hall–Kier alpha value is -2.75. The Morgan fingerprint density at radius 1 is 1.07 bits per heavy atom. The maximum absolute atomic E-state index is 13.7. The van der Waals surface area contributed by atoms with Crippen LogP contribution >= 0.6 is 0 Å². The standard InChI is InChI=1S/C17H10F6N2O2/c1-27-7-8-6-25-13-9-3-2-4-24-14(9)11(15(26)17(21,22)23)5-10(13)12(8)16(18,19)20/h2-6H,7H2,1H3. The summed E-state index contributed by atoms with van der Waals surface area (Å²) in [4.78, 5) is 19.5. The summed E-state index contributed by atoms with van der Waals surface area (Å²) in [6, 6.07) is 3.15. The number of methoxy groups -OCH3 is 1. The first-order chi connectivity index (χ1) is 12.6. The molecule has 0 saturated carbocycles. The van der Waals surface area contributed by atoms with E-state index in [1.54, 1.807) is 0 Å². The number of halogens is 6. The average Bonchev–Trinajstić information content (AvgIpc) is 2.58. The van der Waals surface area contributed by atoms with Gasteiger partial charge in [0.1, 0.15) is 0 Å². The number of hydrogen-bond donors (Lipinski definition) is 0. The highest BCUT2D eigenvalue weighted by Crippen LogP contribution is 2.40. The van der Waals surface area contributed by atoms with Gasteiger partial charge < -0.3 is 4.74 Å². The van der Waals surface area contributed by atoms with E-state index in [0.29, 0.717) is 6.07 Å². The number of ketones is 1. The van der Waals surface area contributed by atoms with Crippen LogP contribution < -0.4 is 0 Å². The molecule has 0 bridgehead atoms. The fraction of sp³-hybridized carbons (Fsp3) is 0.235. The SMILES string of the molecule is COCc1cnc2c(cc(C(=O)C(F)(F)F)c3ncccc32)c1C(F)(F)F. The van der Waals surface area contributed by atoms with Gasteiger partial charge in [-0.15, -0.1) is 0 Å². The van der Waals surface area contributed by atoms with E-state index in [1.807, 2.05) is 0 Å². The molecule has 0 aliphatic carbocycles. The van der Waals surface area contributed by atoms with Crippen LogP contribution in [0.2, 0.25) is 0 Å². The fourth-order valence-corrected chi connectivity index (χ4v) is 2.87. The molecule has 0 saturated heterocycles. The zero-order valence-corrected chi connectivity index (χ0v) is 13.6. The predicted octanol–water partition coefficient (Wildman–Crippen LogP) is 4.69. The molecule has 0 radical (unpaired) electrons. The molecule has 0 amide bonds. The zero-order chi connectivity index (χ0) is 20.0. The predicted molar refractivity (Wildman–Crippen MR) is 83.1 cm³/mol. The molecule has 3 aromatic rings. The van der Waals surface area contributed by atoms with Crippen LogP contribution in [0.5, 0.6) is 0 Å². The van der Waals surface area contributed by atoms with E-state index < -0.39 is 41.3 Å². The average molecular weight is 388 g/mol. The lowest BCUT2D eigenvalue weighted by Gasteiger charge is -2.17. The van der Waals surface area contributed by atoms with Crippen molar-refractivity contribution < 1.29 is 35.9 Å². The van der Waals surface area contributed by atoms with Crippen molar-refractivity contribution in [2.24, 2.45) is 0 Å². The van der Waals surface area contributed by atoms with Crippen molar-refractivity contribution in [1.82, 2.24) is 9.97 Å². The number of carbonyl (C=O) groups excluding carboxylic acids is 1. The van der Waals surface area contributed by atoms with E-state index in [4.69, 9.17) is 4.74 Å². The zero-order valence-electron chi connectivity index (χ0n) is 13.6. The number of alkyl halides is 6. The van der Waals surface area contributed by atoms with Crippen molar-refractivity contribution in [2.45, 2.75) is 19.0 Å². The van der Waals surface area contributed by atoms with E-state index in [0.717, 1.165) is 12.4 Å². The van der Waals surface area contributed by atoms with Crippen LogP contribution in [0, 0.1) is 0 Å². The first-order valence-electron chi connectivity index (χ1n) is 7.42. The molecular formula is C17H10F6N2O2. The van der Waals surface area contributed by atoms with Gasteiger partial charge in [-0.3, -0.25) is 14.8 Å². The van der Waals surface area contributed by atoms with Crippen LogP contribution in [-0.2, 0) is 17.5 Å². The largest absolute Gasteiger partial charge is 0.454 e. The monoisotopic (exact) mass is 388 g/mol. The molecule has 0 aliphatic rings. The van der Waals surface area contributed by atoms with Crippen molar-refractivity contribution in [3.05, 3.63) is 47.3 Å². The number of fused-ring (bicyclic) bond motifs is 3. The Labute approximate surface area is 147 Å². The number of hydrogen-bond acceptors (Lipinski definition) is 4. The summed E-state index contributed by atoms with van der Waals surface area (Å²) in [7, 11) is 1.17. The van der Waals surface area contributed by atoms with Gasteiger partial charge in [0.05, 0.1) is 28.8 Å². The smallest absolute Gasteiger partial charge is 0.380 e.